The van der Waals surface area contributed by atoms with E-state index < -0.39 is 66.7 Å². The normalized spacial score (nSPS) is 13.7. The Kier molecular flexibility index (Phi) is 11.6. The third-order valence-corrected chi connectivity index (χ3v) is 31.6. The van der Waals surface area contributed by atoms with Crippen molar-refractivity contribution in [2.75, 3.05) is 9.36 Å². The summed E-state index contributed by atoms with van der Waals surface area (Å²) in [5.74, 6) is 0.463. The Morgan fingerprint density at radius 3 is 2.20 bits per heavy atom. The molecule has 0 aliphatic carbocycles. The summed E-state index contributed by atoms with van der Waals surface area (Å²) in [6.45, 7) is 1.94. The van der Waals surface area contributed by atoms with Crippen molar-refractivity contribution in [3.8, 4) is 17.2 Å². The van der Waals surface area contributed by atoms with Crippen molar-refractivity contribution >= 4 is 43.3 Å². The number of aliphatic hydroxyl groups is 1. The van der Waals surface area contributed by atoms with Gasteiger partial charge in [-0.1, -0.05) is 0 Å². The molecule has 1 N–H and O–H groups in total. The molecule has 0 heterocycles. The second-order valence-corrected chi connectivity index (χ2v) is 32.3. The van der Waals surface area contributed by atoms with Crippen LogP contribution >= 0.6 is 43.3 Å². The van der Waals surface area contributed by atoms with Gasteiger partial charge in [-0.2, -0.15) is 0 Å². The Balaban J connectivity index is 1.88. The Morgan fingerprint density at radius 2 is 1.55 bits per heavy atom. The van der Waals surface area contributed by atoms with E-state index in [1.807, 2.05) is 11.9 Å². The molecule has 0 radical (unpaired) electrons. The van der Waals surface area contributed by atoms with Crippen LogP contribution in [0.25, 0.3) is 0 Å². The van der Waals surface area contributed by atoms with Crippen molar-refractivity contribution < 1.29 is 45.3 Å². The average molecular weight is 821 g/mol. The van der Waals surface area contributed by atoms with Crippen molar-refractivity contribution in [2.45, 2.75) is 42.6 Å². The summed E-state index contributed by atoms with van der Waals surface area (Å²) < 4.78 is 103. The van der Waals surface area contributed by atoms with Gasteiger partial charge in [-0.15, -0.1) is 0 Å². The molecular weight excluding hydrogens is 795 g/mol. The van der Waals surface area contributed by atoms with E-state index in [4.69, 9.17) is 16.3 Å². The monoisotopic (exact) mass is 820 g/mol. The van der Waals surface area contributed by atoms with Gasteiger partial charge in [0, 0.05) is 0 Å². The number of aliphatic hydroxyl groups excluding tert-OH is 1. The number of rotatable bonds is 12. The van der Waals surface area contributed by atoms with Gasteiger partial charge < -0.3 is 0 Å². The molecule has 0 aliphatic heterocycles. The van der Waals surface area contributed by atoms with Gasteiger partial charge in [0.05, 0.1) is 0 Å². The Bertz CT molecular complexity index is 1280. The molecule has 0 fully saturated rings. The Labute approximate surface area is 242 Å². The molecule has 0 bridgehead atoms. The molecule has 0 aromatic heterocycles. The van der Waals surface area contributed by atoms with Crippen LogP contribution in [0.15, 0.2) is 66.7 Å². The average Bonchev–Trinajstić information content (AvgIpc) is 2.87. The van der Waals surface area contributed by atoms with E-state index in [-0.39, 0.29) is 0 Å². The first-order chi connectivity index (χ1) is 18.7. The molecule has 0 spiro atoms. The Hall–Kier alpha value is -1.52. The van der Waals surface area contributed by atoms with Crippen LogP contribution in [-0.4, -0.2) is 39.3 Å². The van der Waals surface area contributed by atoms with Gasteiger partial charge in [-0.05, 0) is 0 Å². The first-order valence-corrected chi connectivity index (χ1v) is 24.6. The SMILES string of the molecule is CCc1cc(Oc2cccc(I(C[C@@H](O)C(F)(F)F)I(C)Cc3cccc(OC(F)(F)C(F)F)c3)c2)ccc1Cl. The van der Waals surface area contributed by atoms with E-state index in [1.54, 1.807) is 48.5 Å². The number of alkyl halides is 10. The summed E-state index contributed by atoms with van der Waals surface area (Å²) in [4.78, 5) is 1.87. The van der Waals surface area contributed by atoms with Crippen molar-refractivity contribution in [1.29, 1.82) is 0 Å². The van der Waals surface area contributed by atoms with Gasteiger partial charge in [0.25, 0.3) is 0 Å². The molecule has 0 saturated heterocycles. The van der Waals surface area contributed by atoms with Crippen LogP contribution in [0.3, 0.4) is 0 Å². The van der Waals surface area contributed by atoms with Gasteiger partial charge in [0.15, 0.2) is 0 Å². The Morgan fingerprint density at radius 1 is 0.900 bits per heavy atom. The maximum atomic E-state index is 13.4. The molecule has 3 rings (SSSR count). The number of aryl methyl sites for hydroxylation is 1. The van der Waals surface area contributed by atoms with E-state index in [9.17, 15) is 35.8 Å². The van der Waals surface area contributed by atoms with E-state index in [1.165, 1.54) is 12.1 Å². The fraction of sp³-hybridized carbons (Fsp3) is 0.333. The minimum absolute atomic E-state index is 0.304. The third-order valence-electron chi connectivity index (χ3n) is 5.37. The van der Waals surface area contributed by atoms with Crippen LogP contribution in [0.2, 0.25) is 5.02 Å². The first kappa shape index (κ1) is 33.0. The number of hydrogen-bond donors (Lipinski definition) is 1. The zero-order chi connectivity index (χ0) is 29.7. The summed E-state index contributed by atoms with van der Waals surface area (Å²) in [7, 11) is 0. The van der Waals surface area contributed by atoms with Crippen LogP contribution in [0.1, 0.15) is 18.1 Å². The summed E-state index contributed by atoms with van der Waals surface area (Å²) in [6, 6.07) is 17.2. The summed E-state index contributed by atoms with van der Waals surface area (Å²) in [6.07, 6.45) is -15.3. The molecular formula is C27H26ClF7I2O3. The van der Waals surface area contributed by atoms with E-state index in [2.05, 4.69) is 4.74 Å². The van der Waals surface area contributed by atoms with Gasteiger partial charge in [0.2, 0.25) is 0 Å². The predicted octanol–water partition coefficient (Wildman–Crippen LogP) is 9.78. The molecule has 0 saturated carbocycles. The molecule has 40 heavy (non-hydrogen) atoms. The van der Waals surface area contributed by atoms with Crippen molar-refractivity contribution in [1.82, 2.24) is 0 Å². The fourth-order valence-corrected chi connectivity index (χ4v) is 27.6. The van der Waals surface area contributed by atoms with Gasteiger partial charge >= 0.3 is 244 Å². The molecule has 1 atom stereocenters. The molecule has 3 aromatic rings. The number of hydrogen-bond acceptors (Lipinski definition) is 3. The van der Waals surface area contributed by atoms with Crippen LogP contribution in [-0.2, 0) is 10.8 Å². The predicted molar refractivity (Wildman–Crippen MR) is 159 cm³/mol. The maximum absolute atomic E-state index is 13.4. The zero-order valence-electron chi connectivity index (χ0n) is 21.2. The molecule has 222 valence electrons. The molecule has 0 amide bonds. The van der Waals surface area contributed by atoms with Crippen LogP contribution < -0.4 is 9.47 Å². The molecule has 13 heteroatoms. The molecule has 0 aliphatic rings. The van der Waals surface area contributed by atoms with Crippen LogP contribution in [0.5, 0.6) is 17.2 Å². The van der Waals surface area contributed by atoms with Crippen LogP contribution in [0, 0.1) is 3.57 Å². The second-order valence-electron chi connectivity index (χ2n) is 8.44. The van der Waals surface area contributed by atoms with Crippen molar-refractivity contribution in [3.63, 3.8) is 0 Å². The number of halogens is 10. The van der Waals surface area contributed by atoms with E-state index in [0.29, 0.717) is 36.5 Å². The van der Waals surface area contributed by atoms with Crippen molar-refractivity contribution in [3.05, 3.63) is 86.4 Å². The second kappa shape index (κ2) is 14.1. The fourth-order valence-electron chi connectivity index (χ4n) is 3.39. The first-order valence-electron chi connectivity index (χ1n) is 11.7. The van der Waals surface area contributed by atoms with Gasteiger partial charge in [-0.3, -0.25) is 0 Å². The van der Waals surface area contributed by atoms with Crippen LogP contribution in [0.4, 0.5) is 30.7 Å². The summed E-state index contributed by atoms with van der Waals surface area (Å²) in [5.41, 5.74) is 1.36. The quantitative estimate of drug-likeness (QED) is 0.112. The molecule has 3 aromatic carbocycles. The van der Waals surface area contributed by atoms with E-state index >= 15 is 0 Å². The number of benzene rings is 3. The van der Waals surface area contributed by atoms with E-state index in [0.717, 1.165) is 11.6 Å². The van der Waals surface area contributed by atoms with Crippen molar-refractivity contribution in [2.24, 2.45) is 0 Å². The molecule has 0 unspecified atom stereocenters. The number of ether oxygens (including phenoxy) is 2. The third kappa shape index (κ3) is 9.24. The minimum atomic E-state index is -4.80. The summed E-state index contributed by atoms with van der Waals surface area (Å²) in [5, 5.41) is 10.6. The zero-order valence-corrected chi connectivity index (χ0v) is 26.2. The van der Waals surface area contributed by atoms with Gasteiger partial charge in [-0.25, -0.2) is 0 Å². The molecule has 3 nitrogen and oxygen atoms in total. The van der Waals surface area contributed by atoms with Gasteiger partial charge in [0.1, 0.15) is 0 Å². The topological polar surface area (TPSA) is 38.7 Å². The summed E-state index contributed by atoms with van der Waals surface area (Å²) >= 11 is 1.17. The standard InChI is InChI=1S/C27H26ClF7I2O3/c1-3-18-13-21(10-11-23(18)28)39-20-8-5-7-19(14-20)37(16-24(38)26(31,32)33)36(2)15-17-6-4-9-22(12-17)40-27(34,35)25(29)30/h4-14,24-25,38H,3,15-16H2,1-2H3/t24-/m1/s1.